The maximum atomic E-state index is 12.4. The minimum Gasteiger partial charge on any atom is -0.480 e. The molecule has 0 saturated carbocycles. The van der Waals surface area contributed by atoms with Crippen LogP contribution in [0.15, 0.2) is 17.5 Å². The third-order valence-corrected chi connectivity index (χ3v) is 4.04. The van der Waals surface area contributed by atoms with Crippen molar-refractivity contribution < 1.29 is 19.4 Å². The van der Waals surface area contributed by atoms with Crippen LogP contribution < -0.4 is 0 Å². The first-order chi connectivity index (χ1) is 9.47. The van der Waals surface area contributed by atoms with Crippen LogP contribution in [0.2, 0.25) is 0 Å². The van der Waals surface area contributed by atoms with E-state index >= 15 is 0 Å². The van der Waals surface area contributed by atoms with E-state index in [1.165, 1.54) is 12.0 Å². The molecule has 0 fully saturated rings. The molecule has 0 aliphatic rings. The predicted octanol–water partition coefficient (Wildman–Crippen LogP) is 1.89. The van der Waals surface area contributed by atoms with Gasteiger partial charge in [0.2, 0.25) is 0 Å². The molecule has 1 heterocycles. The molecule has 1 atom stereocenters. The molecule has 1 aromatic heterocycles. The molecule has 0 bridgehead atoms. The third-order valence-electron chi connectivity index (χ3n) is 3.00. The van der Waals surface area contributed by atoms with Gasteiger partial charge < -0.3 is 19.6 Å². The van der Waals surface area contributed by atoms with Gasteiger partial charge in [0.15, 0.2) is 0 Å². The number of carbonyl (C=O) groups is 2. The summed E-state index contributed by atoms with van der Waals surface area (Å²) < 4.78 is 4.91. The molecule has 1 unspecified atom stereocenters. The molecule has 112 valence electrons. The molecule has 2 amide bonds. The van der Waals surface area contributed by atoms with Crippen molar-refractivity contribution in [2.75, 3.05) is 33.9 Å². The van der Waals surface area contributed by atoms with E-state index in [0.717, 1.165) is 4.88 Å². The Morgan fingerprint density at radius 3 is 2.70 bits per heavy atom. The van der Waals surface area contributed by atoms with Crippen LogP contribution in [0.1, 0.15) is 17.8 Å². The highest BCUT2D eigenvalue weighted by molar-refractivity contribution is 7.10. The molecule has 7 heteroatoms. The second-order valence-electron chi connectivity index (χ2n) is 4.39. The van der Waals surface area contributed by atoms with Crippen molar-refractivity contribution in [3.63, 3.8) is 0 Å². The first-order valence-electron chi connectivity index (χ1n) is 6.23. The van der Waals surface area contributed by atoms with Crippen molar-refractivity contribution in [1.82, 2.24) is 9.80 Å². The van der Waals surface area contributed by atoms with Gasteiger partial charge >= 0.3 is 12.0 Å². The van der Waals surface area contributed by atoms with Gasteiger partial charge in [0.1, 0.15) is 6.54 Å². The van der Waals surface area contributed by atoms with E-state index in [0.29, 0.717) is 6.61 Å². The molecule has 1 N–H and O–H groups in total. The smallest absolute Gasteiger partial charge is 0.323 e. The minimum absolute atomic E-state index is 0.0960. The van der Waals surface area contributed by atoms with Crippen molar-refractivity contribution in [3.05, 3.63) is 22.4 Å². The van der Waals surface area contributed by atoms with Gasteiger partial charge in [-0.05, 0) is 18.4 Å². The highest BCUT2D eigenvalue weighted by Gasteiger charge is 2.24. The van der Waals surface area contributed by atoms with Gasteiger partial charge in [-0.3, -0.25) is 4.79 Å². The van der Waals surface area contributed by atoms with Gasteiger partial charge in [-0.15, -0.1) is 11.3 Å². The predicted molar refractivity (Wildman–Crippen MR) is 77.0 cm³/mol. The fourth-order valence-corrected chi connectivity index (χ4v) is 2.54. The second kappa shape index (κ2) is 7.86. The molecule has 6 nitrogen and oxygen atoms in total. The molecular weight excluding hydrogens is 280 g/mol. The zero-order valence-corrected chi connectivity index (χ0v) is 12.7. The third kappa shape index (κ3) is 4.50. The van der Waals surface area contributed by atoms with Crippen molar-refractivity contribution in [1.29, 1.82) is 0 Å². The number of carboxylic acids is 1. The van der Waals surface area contributed by atoms with Gasteiger partial charge in [0.25, 0.3) is 0 Å². The van der Waals surface area contributed by atoms with Crippen molar-refractivity contribution >= 4 is 23.3 Å². The molecule has 0 radical (unpaired) electrons. The van der Waals surface area contributed by atoms with E-state index in [2.05, 4.69) is 0 Å². The zero-order chi connectivity index (χ0) is 15.1. The number of hydrogen-bond acceptors (Lipinski definition) is 4. The lowest BCUT2D eigenvalue weighted by atomic mass is 10.2. The summed E-state index contributed by atoms with van der Waals surface area (Å²) >= 11 is 1.57. The lowest BCUT2D eigenvalue weighted by Gasteiger charge is -2.30. The number of hydrogen-bond donors (Lipinski definition) is 1. The van der Waals surface area contributed by atoms with Gasteiger partial charge in [0.05, 0.1) is 12.6 Å². The Morgan fingerprint density at radius 2 is 2.20 bits per heavy atom. The number of ether oxygens (including phenoxy) is 1. The SMILES string of the molecule is COCCN(CC(=O)O)C(=O)N(C)C(C)c1cccs1. The Bertz CT molecular complexity index is 436. The minimum atomic E-state index is -1.04. The zero-order valence-electron chi connectivity index (χ0n) is 11.9. The van der Waals surface area contributed by atoms with E-state index in [4.69, 9.17) is 9.84 Å². The summed E-state index contributed by atoms with van der Waals surface area (Å²) in [5, 5.41) is 10.8. The fourth-order valence-electron chi connectivity index (χ4n) is 1.72. The van der Waals surface area contributed by atoms with Gasteiger partial charge in [-0.25, -0.2) is 4.79 Å². The Kier molecular flexibility index (Phi) is 6.47. The van der Waals surface area contributed by atoms with Crippen LogP contribution in [0.3, 0.4) is 0 Å². The van der Waals surface area contributed by atoms with Crippen LogP contribution in [0.25, 0.3) is 0 Å². The van der Waals surface area contributed by atoms with E-state index in [-0.39, 0.29) is 25.2 Å². The van der Waals surface area contributed by atoms with E-state index in [9.17, 15) is 9.59 Å². The van der Waals surface area contributed by atoms with Gasteiger partial charge in [-0.2, -0.15) is 0 Å². The lowest BCUT2D eigenvalue weighted by Crippen LogP contribution is -2.45. The Balaban J connectivity index is 2.74. The first-order valence-corrected chi connectivity index (χ1v) is 7.11. The summed E-state index contributed by atoms with van der Waals surface area (Å²) in [6, 6.07) is 3.47. The van der Waals surface area contributed by atoms with Crippen LogP contribution in [0, 0.1) is 0 Å². The number of rotatable bonds is 7. The molecule has 0 aliphatic heterocycles. The van der Waals surface area contributed by atoms with Gasteiger partial charge in [0, 0.05) is 25.6 Å². The summed E-state index contributed by atoms with van der Waals surface area (Å²) in [6.45, 7) is 2.14. The lowest BCUT2D eigenvalue weighted by molar-refractivity contribution is -0.137. The number of nitrogens with zero attached hydrogens (tertiary/aromatic N) is 2. The quantitative estimate of drug-likeness (QED) is 0.835. The summed E-state index contributed by atoms with van der Waals surface area (Å²) in [4.78, 5) is 27.1. The highest BCUT2D eigenvalue weighted by atomic mass is 32.1. The van der Waals surface area contributed by atoms with Crippen LogP contribution >= 0.6 is 11.3 Å². The van der Waals surface area contributed by atoms with E-state index in [1.807, 2.05) is 24.4 Å². The van der Waals surface area contributed by atoms with E-state index in [1.54, 1.807) is 23.3 Å². The fraction of sp³-hybridized carbons (Fsp3) is 0.538. The Morgan fingerprint density at radius 1 is 1.50 bits per heavy atom. The Hall–Kier alpha value is -1.60. The number of carbonyl (C=O) groups excluding carboxylic acids is 1. The van der Waals surface area contributed by atoms with Crippen molar-refractivity contribution in [3.8, 4) is 0 Å². The molecule has 20 heavy (non-hydrogen) atoms. The number of thiophene rings is 1. The number of carboxylic acid groups (broad SMARTS) is 1. The summed E-state index contributed by atoms with van der Waals surface area (Å²) in [5.41, 5.74) is 0. The molecular formula is C13H20N2O4S. The monoisotopic (exact) mass is 300 g/mol. The molecule has 0 aromatic carbocycles. The first kappa shape index (κ1) is 16.5. The van der Waals surface area contributed by atoms with Crippen molar-refractivity contribution in [2.24, 2.45) is 0 Å². The molecule has 1 aromatic rings. The molecule has 0 spiro atoms. The van der Waals surface area contributed by atoms with Gasteiger partial charge in [-0.1, -0.05) is 6.07 Å². The normalized spacial score (nSPS) is 11.9. The average Bonchev–Trinajstić information content (AvgIpc) is 2.94. The van der Waals surface area contributed by atoms with Crippen LogP contribution in [-0.4, -0.2) is 60.8 Å². The molecule has 0 aliphatic carbocycles. The number of urea groups is 1. The standard InChI is InChI=1S/C13H20N2O4S/c1-10(11-5-4-8-20-11)14(2)13(18)15(6-7-19-3)9-12(16)17/h4-5,8,10H,6-7,9H2,1-3H3,(H,16,17). The highest BCUT2D eigenvalue weighted by Crippen LogP contribution is 2.24. The van der Waals surface area contributed by atoms with E-state index < -0.39 is 5.97 Å². The largest absolute Gasteiger partial charge is 0.480 e. The average molecular weight is 300 g/mol. The number of methoxy groups -OCH3 is 1. The summed E-state index contributed by atoms with van der Waals surface area (Å²) in [7, 11) is 3.19. The van der Waals surface area contributed by atoms with Crippen LogP contribution in [0.4, 0.5) is 4.79 Å². The molecule has 0 saturated heterocycles. The number of aliphatic carboxylic acids is 1. The molecule has 1 rings (SSSR count). The summed E-state index contributed by atoms with van der Waals surface area (Å²) in [5.74, 6) is -1.04. The van der Waals surface area contributed by atoms with Crippen LogP contribution in [-0.2, 0) is 9.53 Å². The maximum Gasteiger partial charge on any atom is 0.323 e. The van der Waals surface area contributed by atoms with Crippen molar-refractivity contribution in [2.45, 2.75) is 13.0 Å². The maximum absolute atomic E-state index is 12.4. The topological polar surface area (TPSA) is 70.1 Å². The summed E-state index contributed by atoms with van der Waals surface area (Å²) in [6.07, 6.45) is 0. The Labute approximate surface area is 122 Å². The number of amides is 2. The second-order valence-corrected chi connectivity index (χ2v) is 5.37. The van der Waals surface area contributed by atoms with Crippen LogP contribution in [0.5, 0.6) is 0 Å².